The molecule has 0 amide bonds. The van der Waals surface area contributed by atoms with Crippen LogP contribution in [0.1, 0.15) is 60.9 Å². The third kappa shape index (κ3) is 2.82. The molecule has 2 heterocycles. The van der Waals surface area contributed by atoms with Crippen LogP contribution in [0, 0.1) is 5.41 Å². The summed E-state index contributed by atoms with van der Waals surface area (Å²) < 4.78 is 2.06. The van der Waals surface area contributed by atoms with Crippen LogP contribution in [0.25, 0.3) is 0 Å². The van der Waals surface area contributed by atoms with Gasteiger partial charge in [0.1, 0.15) is 0 Å². The van der Waals surface area contributed by atoms with Crippen molar-refractivity contribution in [3.63, 3.8) is 0 Å². The van der Waals surface area contributed by atoms with Crippen molar-refractivity contribution in [1.29, 1.82) is 0 Å². The molecule has 0 aromatic carbocycles. The molecule has 0 fully saturated rings. The van der Waals surface area contributed by atoms with Gasteiger partial charge in [0.05, 0.1) is 17.0 Å². The lowest BCUT2D eigenvalue weighted by Gasteiger charge is -2.29. The standard InChI is InChI=1S/C18H23N3O/c1-4-8-21-15-10-18(2,3)11-16(22)17(15)14(20-21)9-13-6-5-7-19-12-13/h5-7,12H,4,8-11H2,1-3H3. The first-order valence-corrected chi connectivity index (χ1v) is 8.01. The number of carbonyl (C=O) groups is 1. The van der Waals surface area contributed by atoms with E-state index in [9.17, 15) is 4.79 Å². The Hall–Kier alpha value is -1.97. The van der Waals surface area contributed by atoms with Crippen LogP contribution in [0.3, 0.4) is 0 Å². The predicted molar refractivity (Wildman–Crippen MR) is 86.0 cm³/mol. The average molecular weight is 297 g/mol. The van der Waals surface area contributed by atoms with E-state index in [1.165, 1.54) is 0 Å². The minimum absolute atomic E-state index is 0.0289. The van der Waals surface area contributed by atoms with Crippen molar-refractivity contribution in [2.24, 2.45) is 5.41 Å². The molecule has 3 rings (SSSR count). The first-order valence-electron chi connectivity index (χ1n) is 8.01. The van der Waals surface area contributed by atoms with E-state index in [0.29, 0.717) is 12.8 Å². The summed E-state index contributed by atoms with van der Waals surface area (Å²) in [7, 11) is 0. The van der Waals surface area contributed by atoms with E-state index in [1.807, 2.05) is 18.3 Å². The predicted octanol–water partition coefficient (Wildman–Crippen LogP) is 3.43. The van der Waals surface area contributed by atoms with E-state index >= 15 is 0 Å². The van der Waals surface area contributed by atoms with Gasteiger partial charge in [-0.2, -0.15) is 5.10 Å². The van der Waals surface area contributed by atoms with Gasteiger partial charge in [0.2, 0.25) is 0 Å². The maximum Gasteiger partial charge on any atom is 0.167 e. The summed E-state index contributed by atoms with van der Waals surface area (Å²) in [6.45, 7) is 7.35. The Morgan fingerprint density at radius 3 is 2.82 bits per heavy atom. The Labute approximate surface area is 131 Å². The molecule has 2 aromatic heterocycles. The second kappa shape index (κ2) is 5.67. The maximum atomic E-state index is 12.7. The average Bonchev–Trinajstić information content (AvgIpc) is 2.77. The minimum atomic E-state index is 0.0289. The van der Waals surface area contributed by atoms with Gasteiger partial charge in [0, 0.05) is 31.8 Å². The van der Waals surface area contributed by atoms with E-state index in [-0.39, 0.29) is 11.2 Å². The number of fused-ring (bicyclic) bond motifs is 1. The fourth-order valence-electron chi connectivity index (χ4n) is 3.31. The number of rotatable bonds is 4. The Morgan fingerprint density at radius 1 is 1.32 bits per heavy atom. The highest BCUT2D eigenvalue weighted by atomic mass is 16.1. The summed E-state index contributed by atoms with van der Waals surface area (Å²) in [6, 6.07) is 3.96. The molecule has 0 spiro atoms. The number of pyridine rings is 1. The summed E-state index contributed by atoms with van der Waals surface area (Å²) in [5, 5.41) is 4.76. The number of aromatic nitrogens is 3. The van der Waals surface area contributed by atoms with Gasteiger partial charge in [-0.25, -0.2) is 0 Å². The molecule has 2 aromatic rings. The Balaban J connectivity index is 2.03. The van der Waals surface area contributed by atoms with Crippen molar-refractivity contribution in [2.45, 2.75) is 53.0 Å². The van der Waals surface area contributed by atoms with Crippen LogP contribution < -0.4 is 0 Å². The van der Waals surface area contributed by atoms with Crippen molar-refractivity contribution in [3.05, 3.63) is 47.0 Å². The van der Waals surface area contributed by atoms with Gasteiger partial charge in [-0.3, -0.25) is 14.5 Å². The number of hydrogen-bond donors (Lipinski definition) is 0. The topological polar surface area (TPSA) is 47.8 Å². The molecular weight excluding hydrogens is 274 g/mol. The molecule has 22 heavy (non-hydrogen) atoms. The van der Waals surface area contributed by atoms with Gasteiger partial charge in [0.25, 0.3) is 0 Å². The van der Waals surface area contributed by atoms with Crippen LogP contribution in [0.4, 0.5) is 0 Å². The van der Waals surface area contributed by atoms with E-state index in [4.69, 9.17) is 5.10 Å². The Morgan fingerprint density at radius 2 is 2.14 bits per heavy atom. The van der Waals surface area contributed by atoms with Gasteiger partial charge in [0.15, 0.2) is 5.78 Å². The lowest BCUT2D eigenvalue weighted by Crippen LogP contribution is -2.28. The second-order valence-electron chi connectivity index (χ2n) is 6.97. The van der Waals surface area contributed by atoms with Crippen molar-refractivity contribution in [2.75, 3.05) is 0 Å². The number of ketones is 1. The quantitative estimate of drug-likeness (QED) is 0.868. The van der Waals surface area contributed by atoms with Crippen LogP contribution in [0.15, 0.2) is 24.5 Å². The monoisotopic (exact) mass is 297 g/mol. The third-order valence-electron chi connectivity index (χ3n) is 4.22. The smallest absolute Gasteiger partial charge is 0.167 e. The first kappa shape index (κ1) is 14.9. The van der Waals surface area contributed by atoms with E-state index < -0.39 is 0 Å². The van der Waals surface area contributed by atoms with E-state index in [0.717, 1.165) is 41.9 Å². The van der Waals surface area contributed by atoms with E-state index in [2.05, 4.69) is 30.4 Å². The molecule has 1 aliphatic carbocycles. The largest absolute Gasteiger partial charge is 0.294 e. The summed E-state index contributed by atoms with van der Waals surface area (Å²) in [4.78, 5) is 16.8. The van der Waals surface area contributed by atoms with Crippen LogP contribution >= 0.6 is 0 Å². The highest BCUT2D eigenvalue weighted by Gasteiger charge is 2.36. The molecule has 0 aliphatic heterocycles. The fourth-order valence-corrected chi connectivity index (χ4v) is 3.31. The van der Waals surface area contributed by atoms with Crippen LogP contribution in [0.5, 0.6) is 0 Å². The lowest BCUT2D eigenvalue weighted by molar-refractivity contribution is 0.0909. The zero-order valence-corrected chi connectivity index (χ0v) is 13.6. The number of hydrogen-bond acceptors (Lipinski definition) is 3. The Kier molecular flexibility index (Phi) is 3.85. The molecule has 0 atom stereocenters. The SMILES string of the molecule is CCCn1nc(Cc2cccnc2)c2c1CC(C)(C)CC2=O. The van der Waals surface area contributed by atoms with Gasteiger partial charge < -0.3 is 0 Å². The fraction of sp³-hybridized carbons (Fsp3) is 0.500. The number of nitrogens with zero attached hydrogens (tertiary/aromatic N) is 3. The van der Waals surface area contributed by atoms with Crippen molar-refractivity contribution < 1.29 is 4.79 Å². The van der Waals surface area contributed by atoms with Gasteiger partial charge in [-0.1, -0.05) is 26.8 Å². The molecule has 0 N–H and O–H groups in total. The molecule has 4 nitrogen and oxygen atoms in total. The molecule has 0 saturated heterocycles. The minimum Gasteiger partial charge on any atom is -0.294 e. The molecule has 1 aliphatic rings. The van der Waals surface area contributed by atoms with Gasteiger partial charge in [-0.15, -0.1) is 0 Å². The molecule has 0 radical (unpaired) electrons. The van der Waals surface area contributed by atoms with Gasteiger partial charge >= 0.3 is 0 Å². The third-order valence-corrected chi connectivity index (χ3v) is 4.22. The van der Waals surface area contributed by atoms with Crippen molar-refractivity contribution in [1.82, 2.24) is 14.8 Å². The van der Waals surface area contributed by atoms with Crippen LogP contribution in [-0.4, -0.2) is 20.5 Å². The number of Topliss-reactive ketones (excluding diaryl/α,β-unsaturated/α-hetero) is 1. The zero-order chi connectivity index (χ0) is 15.7. The summed E-state index contributed by atoms with van der Waals surface area (Å²) in [5.74, 6) is 0.243. The van der Waals surface area contributed by atoms with Crippen LogP contribution in [0.2, 0.25) is 0 Å². The number of aryl methyl sites for hydroxylation is 1. The number of carbonyl (C=O) groups excluding carboxylic acids is 1. The molecule has 4 heteroatoms. The Bertz CT molecular complexity index is 686. The van der Waals surface area contributed by atoms with Gasteiger partial charge in [-0.05, 0) is 29.9 Å². The molecule has 116 valence electrons. The van der Waals surface area contributed by atoms with Crippen LogP contribution in [-0.2, 0) is 19.4 Å². The van der Waals surface area contributed by atoms with Crippen molar-refractivity contribution in [3.8, 4) is 0 Å². The van der Waals surface area contributed by atoms with Crippen molar-refractivity contribution >= 4 is 5.78 Å². The molecule has 0 bridgehead atoms. The molecule has 0 saturated carbocycles. The zero-order valence-electron chi connectivity index (χ0n) is 13.6. The second-order valence-corrected chi connectivity index (χ2v) is 6.97. The molecule has 0 unspecified atom stereocenters. The first-order chi connectivity index (χ1) is 10.5. The van der Waals surface area contributed by atoms with E-state index in [1.54, 1.807) is 6.20 Å². The molecular formula is C18H23N3O. The summed E-state index contributed by atoms with van der Waals surface area (Å²) in [5.41, 5.74) is 4.04. The highest BCUT2D eigenvalue weighted by molar-refractivity contribution is 5.99. The normalized spacial score (nSPS) is 16.6. The summed E-state index contributed by atoms with van der Waals surface area (Å²) >= 11 is 0. The lowest BCUT2D eigenvalue weighted by atomic mass is 9.75. The highest BCUT2D eigenvalue weighted by Crippen LogP contribution is 2.36. The maximum absolute atomic E-state index is 12.7. The summed E-state index contributed by atoms with van der Waals surface area (Å²) in [6.07, 6.45) is 6.85.